The molecule has 5 heteroatoms. The second kappa shape index (κ2) is 6.81. The van der Waals surface area contributed by atoms with Crippen molar-refractivity contribution in [3.8, 4) is 0 Å². The van der Waals surface area contributed by atoms with Crippen LogP contribution >= 0.6 is 0 Å². The standard InChI is InChI=1S/C15H21FN2O2/c1-12(11-18-9-7-17(2)8-10-18)20-15(19)13-5-3-4-6-14(13)16/h3-6,12H,7-11H2,1-2H3/p+2/t12-/m1/s1. The molecular formula is C15H23FN2O2+2. The number of nitrogens with one attached hydrogen (secondary N) is 2. The van der Waals surface area contributed by atoms with Crippen molar-refractivity contribution in [2.75, 3.05) is 39.8 Å². The molecule has 0 saturated carbocycles. The van der Waals surface area contributed by atoms with E-state index >= 15 is 0 Å². The zero-order valence-electron chi connectivity index (χ0n) is 12.1. The van der Waals surface area contributed by atoms with E-state index in [1.165, 1.54) is 17.0 Å². The highest BCUT2D eigenvalue weighted by Crippen LogP contribution is 2.08. The van der Waals surface area contributed by atoms with Crippen molar-refractivity contribution < 1.29 is 23.7 Å². The van der Waals surface area contributed by atoms with Crippen LogP contribution in [-0.2, 0) is 4.74 Å². The first-order chi connectivity index (χ1) is 9.56. The number of carbonyl (C=O) groups excluding carboxylic acids is 1. The van der Waals surface area contributed by atoms with Gasteiger partial charge in [0.15, 0.2) is 0 Å². The third kappa shape index (κ3) is 4.02. The van der Waals surface area contributed by atoms with E-state index in [2.05, 4.69) is 7.05 Å². The summed E-state index contributed by atoms with van der Waals surface area (Å²) in [5.41, 5.74) is 0.0113. The SMILES string of the molecule is C[C@H](C[NH+]1CC[NH+](C)CC1)OC(=O)c1ccccc1F. The molecule has 1 aliphatic rings. The summed E-state index contributed by atoms with van der Waals surface area (Å²) in [4.78, 5) is 14.9. The number of hydrogen-bond acceptors (Lipinski definition) is 2. The number of ether oxygens (including phenoxy) is 1. The highest BCUT2D eigenvalue weighted by atomic mass is 19.1. The van der Waals surface area contributed by atoms with E-state index < -0.39 is 11.8 Å². The minimum Gasteiger partial charge on any atom is -0.453 e. The predicted octanol–water partition coefficient (Wildman–Crippen LogP) is -1.22. The molecule has 1 fully saturated rings. The molecule has 1 aromatic carbocycles. The van der Waals surface area contributed by atoms with Gasteiger partial charge in [0.25, 0.3) is 0 Å². The Labute approximate surface area is 119 Å². The van der Waals surface area contributed by atoms with Gasteiger partial charge in [-0.15, -0.1) is 0 Å². The lowest BCUT2D eigenvalue weighted by atomic mass is 10.2. The molecule has 1 atom stereocenters. The molecule has 1 saturated heterocycles. The molecule has 2 rings (SSSR count). The van der Waals surface area contributed by atoms with Crippen LogP contribution in [0, 0.1) is 5.82 Å². The Bertz CT molecular complexity index is 459. The molecule has 1 aliphatic heterocycles. The number of hydrogen-bond donors (Lipinski definition) is 2. The van der Waals surface area contributed by atoms with E-state index in [-0.39, 0.29) is 11.7 Å². The van der Waals surface area contributed by atoms with Crippen LogP contribution in [0.2, 0.25) is 0 Å². The lowest BCUT2D eigenvalue weighted by Crippen LogP contribution is -3.27. The molecule has 4 nitrogen and oxygen atoms in total. The summed E-state index contributed by atoms with van der Waals surface area (Å²) in [6.45, 7) is 7.12. The number of carbonyl (C=O) groups is 1. The van der Waals surface area contributed by atoms with Crippen molar-refractivity contribution >= 4 is 5.97 Å². The lowest BCUT2D eigenvalue weighted by molar-refractivity contribution is -1.00. The van der Waals surface area contributed by atoms with Gasteiger partial charge in [-0.05, 0) is 19.1 Å². The second-order valence-corrected chi connectivity index (χ2v) is 5.61. The summed E-state index contributed by atoms with van der Waals surface area (Å²) >= 11 is 0. The average molecular weight is 282 g/mol. The fourth-order valence-electron chi connectivity index (χ4n) is 2.56. The maximum atomic E-state index is 13.5. The molecule has 1 aromatic rings. The third-order valence-electron chi connectivity index (χ3n) is 3.79. The molecule has 2 N–H and O–H groups in total. The van der Waals surface area contributed by atoms with Gasteiger partial charge in [-0.25, -0.2) is 9.18 Å². The summed E-state index contributed by atoms with van der Waals surface area (Å²) in [6.07, 6.45) is -0.199. The van der Waals surface area contributed by atoms with Crippen molar-refractivity contribution in [1.82, 2.24) is 0 Å². The number of halogens is 1. The fourth-order valence-corrected chi connectivity index (χ4v) is 2.56. The van der Waals surface area contributed by atoms with E-state index in [1.807, 2.05) is 6.92 Å². The summed E-state index contributed by atoms with van der Waals surface area (Å²) in [7, 11) is 2.19. The molecule has 20 heavy (non-hydrogen) atoms. The Morgan fingerprint density at radius 1 is 1.30 bits per heavy atom. The summed E-state index contributed by atoms with van der Waals surface area (Å²) in [6, 6.07) is 5.93. The summed E-state index contributed by atoms with van der Waals surface area (Å²) < 4.78 is 18.8. The zero-order chi connectivity index (χ0) is 14.5. The molecule has 0 aliphatic carbocycles. The highest BCUT2D eigenvalue weighted by Gasteiger charge is 2.24. The molecule has 110 valence electrons. The van der Waals surface area contributed by atoms with Crippen LogP contribution in [-0.4, -0.2) is 51.8 Å². The van der Waals surface area contributed by atoms with E-state index in [0.717, 1.165) is 32.7 Å². The van der Waals surface area contributed by atoms with E-state index in [1.54, 1.807) is 17.0 Å². The molecule has 1 heterocycles. The second-order valence-electron chi connectivity index (χ2n) is 5.61. The number of piperazine rings is 1. The van der Waals surface area contributed by atoms with Gasteiger partial charge in [0, 0.05) is 0 Å². The molecule has 0 unspecified atom stereocenters. The van der Waals surface area contributed by atoms with Gasteiger partial charge in [0.1, 0.15) is 44.6 Å². The van der Waals surface area contributed by atoms with Crippen molar-refractivity contribution in [3.05, 3.63) is 35.6 Å². The maximum absolute atomic E-state index is 13.5. The molecule has 0 aromatic heterocycles. The lowest BCUT2D eigenvalue weighted by Gasteiger charge is -2.28. The van der Waals surface area contributed by atoms with Crippen LogP contribution in [0.4, 0.5) is 4.39 Å². The average Bonchev–Trinajstić information content (AvgIpc) is 2.41. The zero-order valence-corrected chi connectivity index (χ0v) is 12.1. The van der Waals surface area contributed by atoms with Crippen LogP contribution in [0.25, 0.3) is 0 Å². The predicted molar refractivity (Wildman–Crippen MR) is 73.5 cm³/mol. The van der Waals surface area contributed by atoms with Gasteiger partial charge in [-0.2, -0.15) is 0 Å². The highest BCUT2D eigenvalue weighted by molar-refractivity contribution is 5.89. The Balaban J connectivity index is 1.84. The first kappa shape index (κ1) is 14.9. The molecule has 0 radical (unpaired) electrons. The van der Waals surface area contributed by atoms with E-state index in [0.29, 0.717) is 0 Å². The van der Waals surface area contributed by atoms with Gasteiger partial charge in [0.05, 0.1) is 12.6 Å². The maximum Gasteiger partial charge on any atom is 0.341 e. The Morgan fingerprint density at radius 2 is 1.95 bits per heavy atom. The van der Waals surface area contributed by atoms with Crippen LogP contribution in [0.1, 0.15) is 17.3 Å². The van der Waals surface area contributed by atoms with Gasteiger partial charge in [0.2, 0.25) is 0 Å². The largest absolute Gasteiger partial charge is 0.453 e. The molecular weight excluding hydrogens is 259 g/mol. The fraction of sp³-hybridized carbons (Fsp3) is 0.533. The van der Waals surface area contributed by atoms with Crippen molar-refractivity contribution in [2.24, 2.45) is 0 Å². The van der Waals surface area contributed by atoms with Crippen molar-refractivity contribution in [2.45, 2.75) is 13.0 Å². The minimum atomic E-state index is -0.574. The third-order valence-corrected chi connectivity index (χ3v) is 3.79. The number of benzene rings is 1. The first-order valence-electron chi connectivity index (χ1n) is 7.16. The summed E-state index contributed by atoms with van der Waals surface area (Å²) in [5.74, 6) is -1.10. The smallest absolute Gasteiger partial charge is 0.341 e. The monoisotopic (exact) mass is 282 g/mol. The Morgan fingerprint density at radius 3 is 2.60 bits per heavy atom. The van der Waals surface area contributed by atoms with Crippen molar-refractivity contribution in [1.29, 1.82) is 0 Å². The summed E-state index contributed by atoms with van der Waals surface area (Å²) in [5, 5.41) is 0. The van der Waals surface area contributed by atoms with Gasteiger partial charge < -0.3 is 14.5 Å². The van der Waals surface area contributed by atoms with Crippen LogP contribution in [0.3, 0.4) is 0 Å². The molecule has 0 amide bonds. The first-order valence-corrected chi connectivity index (χ1v) is 7.16. The quantitative estimate of drug-likeness (QED) is 0.680. The van der Waals surface area contributed by atoms with Gasteiger partial charge in [-0.3, -0.25) is 0 Å². The Kier molecular flexibility index (Phi) is 5.09. The van der Waals surface area contributed by atoms with Crippen LogP contribution in [0.15, 0.2) is 24.3 Å². The number of quaternary nitrogens is 2. The van der Waals surface area contributed by atoms with Gasteiger partial charge in [-0.1, -0.05) is 12.1 Å². The Hall–Kier alpha value is -1.46. The van der Waals surface area contributed by atoms with E-state index in [4.69, 9.17) is 4.74 Å². The van der Waals surface area contributed by atoms with Crippen LogP contribution < -0.4 is 9.80 Å². The number of rotatable bonds is 4. The number of esters is 1. The van der Waals surface area contributed by atoms with Gasteiger partial charge >= 0.3 is 5.97 Å². The van der Waals surface area contributed by atoms with Crippen LogP contribution in [0.5, 0.6) is 0 Å². The van der Waals surface area contributed by atoms with Crippen molar-refractivity contribution in [3.63, 3.8) is 0 Å². The normalized spacial score (nSPS) is 24.1. The molecule has 0 bridgehead atoms. The minimum absolute atomic E-state index is 0.0113. The molecule has 0 spiro atoms. The topological polar surface area (TPSA) is 35.2 Å². The number of likely N-dealkylation sites (N-methyl/N-ethyl adjacent to an activating group) is 1. The van der Waals surface area contributed by atoms with E-state index in [9.17, 15) is 9.18 Å².